The molecule has 0 aliphatic rings. The van der Waals surface area contributed by atoms with Crippen LogP contribution in [-0.2, 0) is 18.4 Å². The largest absolute Gasteiger partial charge is 0.350 e. The van der Waals surface area contributed by atoms with Crippen LogP contribution in [0.4, 0.5) is 4.39 Å². The van der Waals surface area contributed by atoms with Gasteiger partial charge in [-0.2, -0.15) is 5.10 Å². The van der Waals surface area contributed by atoms with Gasteiger partial charge >= 0.3 is 0 Å². The number of carbonyl (C=O) groups is 1. The lowest BCUT2D eigenvalue weighted by Gasteiger charge is -2.03. The number of nitrogens with zero attached hydrogens (tertiary/aromatic N) is 2. The maximum atomic E-state index is 12.8. The van der Waals surface area contributed by atoms with E-state index in [2.05, 4.69) is 10.4 Å². The zero-order valence-electron chi connectivity index (χ0n) is 13.0. The van der Waals surface area contributed by atoms with Crippen LogP contribution in [0, 0.1) is 5.82 Å². The summed E-state index contributed by atoms with van der Waals surface area (Å²) in [5.41, 5.74) is 1.86. The van der Waals surface area contributed by atoms with Crippen molar-refractivity contribution in [3.8, 4) is 10.6 Å². The van der Waals surface area contributed by atoms with Crippen LogP contribution in [0.1, 0.15) is 5.69 Å². The van der Waals surface area contributed by atoms with Crippen molar-refractivity contribution in [1.29, 1.82) is 0 Å². The van der Waals surface area contributed by atoms with Crippen molar-refractivity contribution in [2.24, 2.45) is 7.05 Å². The Balaban J connectivity index is 1.51. The first kappa shape index (κ1) is 16.7. The highest BCUT2D eigenvalue weighted by molar-refractivity contribution is 8.00. The molecule has 0 aliphatic carbocycles. The maximum absolute atomic E-state index is 12.8. The number of hydrogen-bond acceptors (Lipinski definition) is 4. The molecule has 4 nitrogen and oxygen atoms in total. The fourth-order valence-corrected chi connectivity index (χ4v) is 3.69. The third-order valence-electron chi connectivity index (χ3n) is 3.35. The Labute approximate surface area is 147 Å². The SMILES string of the molecule is Cn1nc(CNC(=O)CSc2ccc(F)cc2)cc1-c1cccs1. The number of amides is 1. The van der Waals surface area contributed by atoms with Crippen LogP contribution >= 0.6 is 23.1 Å². The van der Waals surface area contributed by atoms with Gasteiger partial charge in [0.1, 0.15) is 5.82 Å². The second-order valence-corrected chi connectivity index (χ2v) is 7.14. The third-order valence-corrected chi connectivity index (χ3v) is 5.26. The number of thiophene rings is 1. The highest BCUT2D eigenvalue weighted by atomic mass is 32.2. The van der Waals surface area contributed by atoms with E-state index >= 15 is 0 Å². The van der Waals surface area contributed by atoms with Crippen molar-refractivity contribution in [3.05, 3.63) is 59.4 Å². The number of hydrogen-bond donors (Lipinski definition) is 1. The number of aryl methyl sites for hydroxylation is 1. The first-order valence-corrected chi connectivity index (χ1v) is 9.20. The van der Waals surface area contributed by atoms with E-state index in [0.717, 1.165) is 21.2 Å². The van der Waals surface area contributed by atoms with Crippen LogP contribution in [0.15, 0.2) is 52.7 Å². The summed E-state index contributed by atoms with van der Waals surface area (Å²) < 4.78 is 14.7. The minimum atomic E-state index is -0.277. The molecule has 1 N–H and O–H groups in total. The lowest BCUT2D eigenvalue weighted by molar-refractivity contribution is -0.118. The summed E-state index contributed by atoms with van der Waals surface area (Å²) in [6.07, 6.45) is 0. The van der Waals surface area contributed by atoms with E-state index in [4.69, 9.17) is 0 Å². The summed E-state index contributed by atoms with van der Waals surface area (Å²) in [7, 11) is 1.89. The van der Waals surface area contributed by atoms with E-state index in [9.17, 15) is 9.18 Å². The molecule has 0 saturated heterocycles. The van der Waals surface area contributed by atoms with Gasteiger partial charge in [-0.3, -0.25) is 9.48 Å². The topological polar surface area (TPSA) is 46.9 Å². The summed E-state index contributed by atoms with van der Waals surface area (Å²) in [5.74, 6) is -0.0656. The van der Waals surface area contributed by atoms with Crippen molar-refractivity contribution in [3.63, 3.8) is 0 Å². The Bertz CT molecular complexity index is 813. The smallest absolute Gasteiger partial charge is 0.230 e. The molecule has 0 atom stereocenters. The second kappa shape index (κ2) is 7.63. The number of rotatable bonds is 6. The van der Waals surface area contributed by atoms with Gasteiger partial charge in [-0.15, -0.1) is 23.1 Å². The predicted octanol–water partition coefficient (Wildman–Crippen LogP) is 3.70. The molecule has 3 aromatic rings. The standard InChI is InChI=1S/C17H16FN3OS2/c1-21-15(16-3-2-8-23-16)9-13(20-21)10-19-17(22)11-24-14-6-4-12(18)5-7-14/h2-9H,10-11H2,1H3,(H,19,22). The van der Waals surface area contributed by atoms with Crippen molar-refractivity contribution >= 4 is 29.0 Å². The van der Waals surface area contributed by atoms with Crippen molar-refractivity contribution in [1.82, 2.24) is 15.1 Å². The van der Waals surface area contributed by atoms with E-state index in [1.54, 1.807) is 23.5 Å². The quantitative estimate of drug-likeness (QED) is 0.681. The number of nitrogens with one attached hydrogen (secondary N) is 1. The molecule has 7 heteroatoms. The van der Waals surface area contributed by atoms with Gasteiger partial charge in [0.05, 0.1) is 28.6 Å². The average molecular weight is 361 g/mol. The van der Waals surface area contributed by atoms with Gasteiger partial charge in [0.25, 0.3) is 0 Å². The number of aromatic nitrogens is 2. The highest BCUT2D eigenvalue weighted by Gasteiger charge is 2.09. The third kappa shape index (κ3) is 4.24. The Morgan fingerprint density at radius 3 is 2.83 bits per heavy atom. The Kier molecular flexibility index (Phi) is 5.32. The molecule has 0 unspecified atom stereocenters. The summed E-state index contributed by atoms with van der Waals surface area (Å²) in [6, 6.07) is 12.1. The molecule has 0 spiro atoms. The monoisotopic (exact) mass is 361 g/mol. The molecule has 0 aliphatic heterocycles. The van der Waals surface area contributed by atoms with E-state index in [1.165, 1.54) is 23.9 Å². The van der Waals surface area contributed by atoms with Gasteiger partial charge in [-0.25, -0.2) is 4.39 Å². The number of benzene rings is 1. The molecule has 1 amide bonds. The molecule has 2 aromatic heterocycles. The molecule has 0 radical (unpaired) electrons. The molecular formula is C17H16FN3OS2. The van der Waals surface area contributed by atoms with Gasteiger partial charge in [0.2, 0.25) is 5.91 Å². The van der Waals surface area contributed by atoms with E-state index < -0.39 is 0 Å². The summed E-state index contributed by atoms with van der Waals surface area (Å²) in [4.78, 5) is 14.0. The van der Waals surface area contributed by atoms with Gasteiger partial charge in [0, 0.05) is 11.9 Å². The lowest BCUT2D eigenvalue weighted by Crippen LogP contribution is -2.24. The Hall–Kier alpha value is -2.12. The molecule has 0 saturated carbocycles. The van der Waals surface area contributed by atoms with E-state index in [-0.39, 0.29) is 17.5 Å². The highest BCUT2D eigenvalue weighted by Crippen LogP contribution is 2.24. The Morgan fingerprint density at radius 2 is 2.12 bits per heavy atom. The average Bonchev–Trinajstić information content (AvgIpc) is 3.21. The van der Waals surface area contributed by atoms with Crippen molar-refractivity contribution < 1.29 is 9.18 Å². The van der Waals surface area contributed by atoms with Gasteiger partial charge in [-0.1, -0.05) is 6.07 Å². The van der Waals surface area contributed by atoms with Crippen LogP contribution in [0.3, 0.4) is 0 Å². The van der Waals surface area contributed by atoms with Crippen LogP contribution in [0.5, 0.6) is 0 Å². The number of halogens is 1. The second-order valence-electron chi connectivity index (χ2n) is 5.14. The summed E-state index contributed by atoms with van der Waals surface area (Å²) in [5, 5.41) is 9.31. The molecule has 0 fully saturated rings. The first-order chi connectivity index (χ1) is 11.6. The minimum absolute atomic E-state index is 0.0762. The molecular weight excluding hydrogens is 345 g/mol. The van der Waals surface area contributed by atoms with E-state index in [1.807, 2.05) is 35.3 Å². The predicted molar refractivity (Wildman–Crippen MR) is 95.5 cm³/mol. The Morgan fingerprint density at radius 1 is 1.33 bits per heavy atom. The van der Waals surface area contributed by atoms with Crippen LogP contribution in [0.2, 0.25) is 0 Å². The normalized spacial score (nSPS) is 10.8. The zero-order valence-corrected chi connectivity index (χ0v) is 14.7. The van der Waals surface area contributed by atoms with Crippen LogP contribution in [0.25, 0.3) is 10.6 Å². The summed E-state index contributed by atoms with van der Waals surface area (Å²) >= 11 is 3.03. The van der Waals surface area contributed by atoms with Crippen molar-refractivity contribution in [2.75, 3.05) is 5.75 Å². The van der Waals surface area contributed by atoms with Crippen LogP contribution < -0.4 is 5.32 Å². The molecule has 2 heterocycles. The van der Waals surface area contributed by atoms with Crippen LogP contribution in [-0.4, -0.2) is 21.4 Å². The lowest BCUT2D eigenvalue weighted by atomic mass is 10.3. The number of thioether (sulfide) groups is 1. The summed E-state index contributed by atoms with van der Waals surface area (Å²) in [6.45, 7) is 0.391. The minimum Gasteiger partial charge on any atom is -0.350 e. The molecule has 3 rings (SSSR count). The molecule has 24 heavy (non-hydrogen) atoms. The van der Waals surface area contributed by atoms with Gasteiger partial charge < -0.3 is 5.32 Å². The molecule has 0 bridgehead atoms. The maximum Gasteiger partial charge on any atom is 0.230 e. The molecule has 1 aromatic carbocycles. The first-order valence-electron chi connectivity index (χ1n) is 7.33. The molecule has 124 valence electrons. The van der Waals surface area contributed by atoms with E-state index in [0.29, 0.717) is 6.54 Å². The fourth-order valence-electron chi connectivity index (χ4n) is 2.19. The zero-order chi connectivity index (χ0) is 16.9. The van der Waals surface area contributed by atoms with Gasteiger partial charge in [0.15, 0.2) is 0 Å². The van der Waals surface area contributed by atoms with Crippen molar-refractivity contribution in [2.45, 2.75) is 11.4 Å². The fraction of sp³-hybridized carbons (Fsp3) is 0.176. The van der Waals surface area contributed by atoms with Gasteiger partial charge in [-0.05, 0) is 41.8 Å². The number of carbonyl (C=O) groups excluding carboxylic acids is 1.